The van der Waals surface area contributed by atoms with Gasteiger partial charge in [-0.05, 0) is 100 Å². The van der Waals surface area contributed by atoms with Gasteiger partial charge in [0.05, 0.1) is 29.1 Å². The van der Waals surface area contributed by atoms with Crippen molar-refractivity contribution in [1.82, 2.24) is 14.8 Å². The summed E-state index contributed by atoms with van der Waals surface area (Å²) >= 11 is 0. The van der Waals surface area contributed by atoms with E-state index in [1.165, 1.54) is 72.0 Å². The maximum absolute atomic E-state index is 5.63. The molecule has 5 aromatic carbocycles. The molecule has 11 rings (SSSR count). The van der Waals surface area contributed by atoms with Crippen LogP contribution in [0.4, 0.5) is 0 Å². The largest absolute Gasteiger partial charge is 0.394 e. The number of rotatable bonds is 7. The summed E-state index contributed by atoms with van der Waals surface area (Å²) in [5.74, 6) is 1.44. The molecule has 1 aromatic heterocycles. The molecule has 5 aliphatic rings. The number of amidine groups is 1. The lowest BCUT2D eigenvalue weighted by atomic mass is 9.66. The van der Waals surface area contributed by atoms with Gasteiger partial charge in [-0.15, -0.1) is 0 Å². The summed E-state index contributed by atoms with van der Waals surface area (Å²) in [6.45, 7) is 8.68. The number of hydrogen-bond acceptors (Lipinski definition) is 3. The monoisotopic (exact) mass is 848 g/mol. The summed E-state index contributed by atoms with van der Waals surface area (Å²) in [6, 6.07) is 42.8. The van der Waals surface area contributed by atoms with E-state index in [0.29, 0.717) is 6.54 Å². The van der Waals surface area contributed by atoms with Crippen LogP contribution in [0.5, 0.6) is 0 Å². The first-order chi connectivity index (χ1) is 32.2. The Hall–Kier alpha value is -7.17. The molecule has 1 N–H and O–H groups in total. The van der Waals surface area contributed by atoms with Gasteiger partial charge < -0.3 is 14.8 Å². The highest BCUT2D eigenvalue weighted by Crippen LogP contribution is 2.50. The second-order valence-electron chi connectivity index (χ2n) is 16.5. The topological polar surface area (TPSA) is 32.6 Å². The summed E-state index contributed by atoms with van der Waals surface area (Å²) in [6.07, 6.45) is 33.4. The fourth-order valence-electron chi connectivity index (χ4n) is 10.2. The molecule has 0 bridgehead atoms. The SMILES string of the molecule is CC.CC.CN/C=C\C(=C1/CN(C2=CC=CCCC2)C(c2ccc(C3=C4C=CC=CC4C(c4ccc5ccccc5c4)c4ccccc43)cc2)=N1)n1c2c(c3ccccc31)C=CCC=C2. The molecule has 1 aliphatic heterocycles. The third kappa shape index (κ3) is 8.15. The number of nitrogens with one attached hydrogen (secondary N) is 1. The van der Waals surface area contributed by atoms with E-state index in [9.17, 15) is 0 Å². The zero-order valence-corrected chi connectivity index (χ0v) is 38.5. The Balaban J connectivity index is 0.00000130. The Labute approximate surface area is 386 Å². The highest BCUT2D eigenvalue weighted by molar-refractivity contribution is 6.04. The van der Waals surface area contributed by atoms with Gasteiger partial charge in [0.15, 0.2) is 0 Å². The van der Waals surface area contributed by atoms with Crippen LogP contribution >= 0.6 is 0 Å². The fourth-order valence-corrected chi connectivity index (χ4v) is 10.2. The summed E-state index contributed by atoms with van der Waals surface area (Å²) < 4.78 is 2.41. The molecule has 4 aliphatic carbocycles. The molecule has 2 unspecified atom stereocenters. The van der Waals surface area contributed by atoms with Gasteiger partial charge >= 0.3 is 0 Å². The van der Waals surface area contributed by atoms with E-state index in [2.05, 4.69) is 203 Å². The van der Waals surface area contributed by atoms with Crippen LogP contribution in [0.2, 0.25) is 0 Å². The number of aromatic nitrogens is 1. The van der Waals surface area contributed by atoms with Crippen molar-refractivity contribution >= 4 is 50.9 Å². The number of nitrogens with zero attached hydrogens (tertiary/aromatic N) is 3. The third-order valence-electron chi connectivity index (χ3n) is 13.0. The summed E-state index contributed by atoms with van der Waals surface area (Å²) in [7, 11) is 1.96. The summed E-state index contributed by atoms with van der Waals surface area (Å²) in [4.78, 5) is 8.09. The zero-order chi connectivity index (χ0) is 44.7. The number of para-hydroxylation sites is 1. The standard InChI is InChI=1S/C57H48N4.2C2H6/c1-58-36-35-54(61-52-27-8-4-7-21-45(52)46-22-15-16-28-53(46)61)51-38-60(44-19-5-2-3-6-20-44)57(59-51)41-32-30-40(31-33-41)55-47-23-11-13-25-49(47)56(50-26-14-12-24-48(50)55)43-34-29-39-17-9-10-18-42(39)37-43;2*1-2/h2,5,7-19,21-37,49,56,58H,3-4,6,20,38H2,1H3;2*1-2H3/b36-35-,54-51-;;. The molecule has 6 aromatic rings. The highest BCUT2D eigenvalue weighted by Gasteiger charge is 2.36. The Morgan fingerprint density at radius 3 is 2.37 bits per heavy atom. The van der Waals surface area contributed by atoms with Crippen molar-refractivity contribution in [2.45, 2.75) is 59.3 Å². The van der Waals surface area contributed by atoms with Crippen LogP contribution in [-0.4, -0.2) is 28.9 Å². The number of aliphatic imine (C=N–C) groups is 1. The molecular formula is C61H60N4. The van der Waals surface area contributed by atoms with Crippen LogP contribution in [0.1, 0.15) is 98.4 Å². The van der Waals surface area contributed by atoms with E-state index < -0.39 is 0 Å². The molecule has 65 heavy (non-hydrogen) atoms. The molecule has 4 heteroatoms. The molecule has 0 fully saturated rings. The number of benzene rings is 5. The van der Waals surface area contributed by atoms with Crippen LogP contribution in [0, 0.1) is 5.92 Å². The smallest absolute Gasteiger partial charge is 0.140 e. The molecule has 0 saturated heterocycles. The van der Waals surface area contributed by atoms with Crippen molar-refractivity contribution in [2.75, 3.05) is 13.6 Å². The maximum Gasteiger partial charge on any atom is 0.140 e. The van der Waals surface area contributed by atoms with Crippen molar-refractivity contribution in [2.24, 2.45) is 10.9 Å². The summed E-state index contributed by atoms with van der Waals surface area (Å²) in [5, 5.41) is 7.09. The van der Waals surface area contributed by atoms with Crippen molar-refractivity contribution < 1.29 is 0 Å². The van der Waals surface area contributed by atoms with Gasteiger partial charge in [0.1, 0.15) is 5.84 Å². The van der Waals surface area contributed by atoms with Crippen LogP contribution in [-0.2, 0) is 0 Å². The van der Waals surface area contributed by atoms with E-state index in [0.717, 1.165) is 48.5 Å². The number of fused-ring (bicyclic) bond motifs is 6. The lowest BCUT2D eigenvalue weighted by molar-refractivity contribution is 0.544. The molecule has 2 heterocycles. The molecular weight excluding hydrogens is 789 g/mol. The molecule has 0 spiro atoms. The number of allylic oxidation sites excluding steroid dienone is 13. The van der Waals surface area contributed by atoms with Crippen molar-refractivity contribution in [3.05, 3.63) is 238 Å². The van der Waals surface area contributed by atoms with Crippen LogP contribution in [0.25, 0.3) is 45.1 Å². The Kier molecular flexibility index (Phi) is 13.1. The second-order valence-corrected chi connectivity index (χ2v) is 16.5. The molecule has 2 atom stereocenters. The van der Waals surface area contributed by atoms with Crippen LogP contribution < -0.4 is 5.32 Å². The van der Waals surface area contributed by atoms with Gasteiger partial charge in [0, 0.05) is 41.1 Å². The van der Waals surface area contributed by atoms with E-state index in [1.807, 2.05) is 40.9 Å². The third-order valence-corrected chi connectivity index (χ3v) is 13.0. The predicted octanol–water partition coefficient (Wildman–Crippen LogP) is 15.3. The first-order valence-electron chi connectivity index (χ1n) is 23.8. The maximum atomic E-state index is 5.63. The minimum absolute atomic E-state index is 0.221. The lowest BCUT2D eigenvalue weighted by Crippen LogP contribution is -2.28. The minimum Gasteiger partial charge on any atom is -0.394 e. The zero-order valence-electron chi connectivity index (χ0n) is 38.5. The van der Waals surface area contributed by atoms with Gasteiger partial charge in [-0.1, -0.05) is 192 Å². The van der Waals surface area contributed by atoms with E-state index in [1.54, 1.807) is 0 Å². The Morgan fingerprint density at radius 1 is 0.738 bits per heavy atom. The molecule has 0 amide bonds. The van der Waals surface area contributed by atoms with E-state index in [4.69, 9.17) is 4.99 Å². The Bertz CT molecular complexity index is 3040. The highest BCUT2D eigenvalue weighted by atomic mass is 15.3. The quantitative estimate of drug-likeness (QED) is 0.174. The number of hydrogen-bond donors (Lipinski definition) is 1. The average molecular weight is 849 g/mol. The van der Waals surface area contributed by atoms with Crippen LogP contribution in [0.15, 0.2) is 204 Å². The molecule has 4 nitrogen and oxygen atoms in total. The predicted molar refractivity (Wildman–Crippen MR) is 280 cm³/mol. The van der Waals surface area contributed by atoms with E-state index >= 15 is 0 Å². The second kappa shape index (κ2) is 19.7. The van der Waals surface area contributed by atoms with Gasteiger partial charge in [0.25, 0.3) is 0 Å². The van der Waals surface area contributed by atoms with Crippen molar-refractivity contribution in [3.63, 3.8) is 0 Å². The molecule has 0 saturated carbocycles. The van der Waals surface area contributed by atoms with Crippen LogP contribution in [0.3, 0.4) is 0 Å². The average Bonchev–Trinajstić information content (AvgIpc) is 3.67. The van der Waals surface area contributed by atoms with Gasteiger partial charge in [-0.2, -0.15) is 0 Å². The molecule has 0 radical (unpaired) electrons. The Morgan fingerprint density at radius 2 is 1.51 bits per heavy atom. The van der Waals surface area contributed by atoms with Gasteiger partial charge in [0.2, 0.25) is 0 Å². The minimum atomic E-state index is 0.221. The molecule has 324 valence electrons. The van der Waals surface area contributed by atoms with Crippen molar-refractivity contribution in [3.8, 4) is 0 Å². The van der Waals surface area contributed by atoms with Gasteiger partial charge in [-0.25, -0.2) is 4.99 Å². The first kappa shape index (κ1) is 43.1. The fraction of sp³-hybridized carbons (Fsp3) is 0.197. The van der Waals surface area contributed by atoms with E-state index in [-0.39, 0.29) is 11.8 Å². The normalized spacial score (nSPS) is 19.1. The summed E-state index contributed by atoms with van der Waals surface area (Å²) in [5.41, 5.74) is 16.1. The lowest BCUT2D eigenvalue weighted by Gasteiger charge is -2.37. The van der Waals surface area contributed by atoms with Gasteiger partial charge in [-0.3, -0.25) is 0 Å². The first-order valence-corrected chi connectivity index (χ1v) is 23.8. The van der Waals surface area contributed by atoms with Crippen molar-refractivity contribution in [1.29, 1.82) is 0 Å².